The van der Waals surface area contributed by atoms with E-state index in [1.54, 1.807) is 6.92 Å². The molecule has 0 aromatic heterocycles. The lowest BCUT2D eigenvalue weighted by atomic mass is 10.00. The van der Waals surface area contributed by atoms with E-state index in [9.17, 15) is 14.7 Å². The van der Waals surface area contributed by atoms with E-state index in [2.05, 4.69) is 5.32 Å². The predicted molar refractivity (Wildman–Crippen MR) is 65.6 cm³/mol. The van der Waals surface area contributed by atoms with Gasteiger partial charge in [-0.3, -0.25) is 10.1 Å². The highest BCUT2D eigenvalue weighted by molar-refractivity contribution is 5.98. The summed E-state index contributed by atoms with van der Waals surface area (Å²) in [7, 11) is 0. The minimum absolute atomic E-state index is 0.247. The van der Waals surface area contributed by atoms with E-state index in [1.807, 2.05) is 30.3 Å². The van der Waals surface area contributed by atoms with Crippen molar-refractivity contribution in [3.8, 4) is 0 Å². The van der Waals surface area contributed by atoms with E-state index in [0.717, 1.165) is 5.56 Å². The van der Waals surface area contributed by atoms with E-state index in [4.69, 9.17) is 0 Å². The number of nitrogens with one attached hydrogen (secondary N) is 1. The van der Waals surface area contributed by atoms with Gasteiger partial charge in [0.15, 0.2) is 0 Å². The number of nitrogens with zero attached hydrogens (tertiary/aromatic N) is 1. The topological polar surface area (TPSA) is 69.6 Å². The third-order valence-electron chi connectivity index (χ3n) is 3.07. The first kappa shape index (κ1) is 12.6. The van der Waals surface area contributed by atoms with Gasteiger partial charge in [-0.05, 0) is 12.5 Å². The zero-order valence-corrected chi connectivity index (χ0v) is 10.2. The molecule has 2 atom stereocenters. The van der Waals surface area contributed by atoms with Crippen molar-refractivity contribution in [3.05, 3.63) is 35.9 Å². The summed E-state index contributed by atoms with van der Waals surface area (Å²) in [6.45, 7) is 2.24. The summed E-state index contributed by atoms with van der Waals surface area (Å²) in [6.07, 6.45) is -0.767. The smallest absolute Gasteiger partial charge is 0.324 e. The zero-order valence-electron chi connectivity index (χ0n) is 10.2. The Kier molecular flexibility index (Phi) is 3.62. The van der Waals surface area contributed by atoms with Crippen LogP contribution in [0.1, 0.15) is 12.5 Å². The molecule has 1 aliphatic rings. The van der Waals surface area contributed by atoms with Crippen LogP contribution in [0.15, 0.2) is 30.3 Å². The first-order valence-electron chi connectivity index (χ1n) is 5.89. The molecule has 5 nitrogen and oxygen atoms in total. The fraction of sp³-hybridized carbons (Fsp3) is 0.385. The van der Waals surface area contributed by atoms with Crippen LogP contribution in [0.2, 0.25) is 0 Å². The lowest BCUT2D eigenvalue weighted by Crippen LogP contribution is -2.56. The quantitative estimate of drug-likeness (QED) is 0.828. The molecule has 0 saturated carbocycles. The van der Waals surface area contributed by atoms with E-state index in [1.165, 1.54) is 4.90 Å². The van der Waals surface area contributed by atoms with Crippen LogP contribution in [0, 0.1) is 5.92 Å². The maximum absolute atomic E-state index is 11.7. The van der Waals surface area contributed by atoms with Gasteiger partial charge in [0.1, 0.15) is 0 Å². The SMILES string of the molecule is CC(O)C1CN(Cc2ccccc2)C(=O)NC1=O. The molecule has 1 aromatic rings. The highest BCUT2D eigenvalue weighted by Crippen LogP contribution is 2.15. The maximum Gasteiger partial charge on any atom is 0.324 e. The molecule has 0 bridgehead atoms. The van der Waals surface area contributed by atoms with Gasteiger partial charge < -0.3 is 10.0 Å². The standard InChI is InChI=1S/C13H16N2O3/c1-9(16)11-8-15(13(18)14-12(11)17)7-10-5-3-2-4-6-10/h2-6,9,11,16H,7-8H2,1H3,(H,14,17,18). The molecule has 3 amide bonds. The number of aliphatic hydroxyl groups is 1. The monoisotopic (exact) mass is 248 g/mol. The van der Waals surface area contributed by atoms with Crippen molar-refractivity contribution >= 4 is 11.9 Å². The zero-order chi connectivity index (χ0) is 13.1. The average molecular weight is 248 g/mol. The molecular weight excluding hydrogens is 232 g/mol. The summed E-state index contributed by atoms with van der Waals surface area (Å²) in [5.41, 5.74) is 0.992. The first-order chi connectivity index (χ1) is 8.58. The number of benzene rings is 1. The number of hydrogen-bond donors (Lipinski definition) is 2. The second-order valence-corrected chi connectivity index (χ2v) is 4.51. The molecule has 0 radical (unpaired) electrons. The number of urea groups is 1. The van der Waals surface area contributed by atoms with Crippen molar-refractivity contribution in [2.75, 3.05) is 6.54 Å². The molecule has 2 N–H and O–H groups in total. The Labute approximate surface area is 105 Å². The molecular formula is C13H16N2O3. The number of rotatable bonds is 3. The highest BCUT2D eigenvalue weighted by atomic mass is 16.3. The molecule has 96 valence electrons. The van der Waals surface area contributed by atoms with Gasteiger partial charge in [-0.15, -0.1) is 0 Å². The second-order valence-electron chi connectivity index (χ2n) is 4.51. The van der Waals surface area contributed by atoms with Crippen LogP contribution in [0.25, 0.3) is 0 Å². The number of aliphatic hydroxyl groups excluding tert-OH is 1. The van der Waals surface area contributed by atoms with Gasteiger partial charge in [-0.2, -0.15) is 0 Å². The summed E-state index contributed by atoms with van der Waals surface area (Å²) in [4.78, 5) is 24.8. The molecule has 5 heteroatoms. The lowest BCUT2D eigenvalue weighted by molar-refractivity contribution is -0.129. The Morgan fingerprint density at radius 3 is 2.67 bits per heavy atom. The molecule has 18 heavy (non-hydrogen) atoms. The van der Waals surface area contributed by atoms with E-state index < -0.39 is 24.0 Å². The van der Waals surface area contributed by atoms with Crippen molar-refractivity contribution in [3.63, 3.8) is 0 Å². The molecule has 0 spiro atoms. The van der Waals surface area contributed by atoms with Gasteiger partial charge in [0.25, 0.3) is 0 Å². The van der Waals surface area contributed by atoms with Crippen molar-refractivity contribution in [2.45, 2.75) is 19.6 Å². The average Bonchev–Trinajstić information content (AvgIpc) is 2.33. The van der Waals surface area contributed by atoms with Gasteiger partial charge in [-0.1, -0.05) is 30.3 Å². The van der Waals surface area contributed by atoms with Gasteiger partial charge >= 0.3 is 6.03 Å². The van der Waals surface area contributed by atoms with Crippen LogP contribution >= 0.6 is 0 Å². The van der Waals surface area contributed by atoms with Crippen molar-refractivity contribution in [1.82, 2.24) is 10.2 Å². The van der Waals surface area contributed by atoms with Crippen LogP contribution in [0.4, 0.5) is 4.79 Å². The first-order valence-corrected chi connectivity index (χ1v) is 5.89. The molecule has 0 aliphatic carbocycles. The second kappa shape index (κ2) is 5.18. The number of carbonyl (C=O) groups is 2. The van der Waals surface area contributed by atoms with Crippen LogP contribution in [-0.4, -0.2) is 34.6 Å². The highest BCUT2D eigenvalue weighted by Gasteiger charge is 2.34. The summed E-state index contributed by atoms with van der Waals surface area (Å²) in [5.74, 6) is -0.967. The van der Waals surface area contributed by atoms with E-state index >= 15 is 0 Å². The van der Waals surface area contributed by atoms with E-state index in [0.29, 0.717) is 6.54 Å². The normalized spacial score (nSPS) is 21.7. The maximum atomic E-state index is 11.7. The van der Waals surface area contributed by atoms with Crippen molar-refractivity contribution < 1.29 is 14.7 Å². The minimum Gasteiger partial charge on any atom is -0.393 e. The Morgan fingerprint density at radius 2 is 2.06 bits per heavy atom. The molecule has 2 rings (SSSR count). The fourth-order valence-electron chi connectivity index (χ4n) is 1.99. The van der Waals surface area contributed by atoms with Crippen LogP contribution in [0.5, 0.6) is 0 Å². The van der Waals surface area contributed by atoms with E-state index in [-0.39, 0.29) is 6.54 Å². The summed E-state index contributed by atoms with van der Waals surface area (Å²) >= 11 is 0. The Bertz CT molecular complexity index is 445. The van der Waals surface area contributed by atoms with Crippen LogP contribution in [-0.2, 0) is 11.3 Å². The Morgan fingerprint density at radius 1 is 1.39 bits per heavy atom. The Balaban J connectivity index is 2.08. The molecule has 1 heterocycles. The molecule has 1 aliphatic heterocycles. The van der Waals surface area contributed by atoms with Gasteiger partial charge in [0.2, 0.25) is 5.91 Å². The summed E-state index contributed by atoms with van der Waals surface area (Å²) in [5, 5.41) is 11.8. The van der Waals surface area contributed by atoms with Crippen LogP contribution in [0.3, 0.4) is 0 Å². The minimum atomic E-state index is -0.767. The predicted octanol–water partition coefficient (Wildman–Crippen LogP) is 0.735. The van der Waals surface area contributed by atoms with Crippen molar-refractivity contribution in [2.24, 2.45) is 5.92 Å². The van der Waals surface area contributed by atoms with Gasteiger partial charge in [-0.25, -0.2) is 4.79 Å². The number of carbonyl (C=O) groups excluding carboxylic acids is 2. The van der Waals surface area contributed by atoms with Gasteiger partial charge in [0.05, 0.1) is 12.0 Å². The summed E-state index contributed by atoms with van der Waals surface area (Å²) in [6, 6.07) is 9.13. The fourth-order valence-corrected chi connectivity index (χ4v) is 1.99. The van der Waals surface area contributed by atoms with Crippen molar-refractivity contribution in [1.29, 1.82) is 0 Å². The number of hydrogen-bond acceptors (Lipinski definition) is 3. The largest absolute Gasteiger partial charge is 0.393 e. The molecule has 1 aromatic carbocycles. The number of amides is 3. The summed E-state index contributed by atoms with van der Waals surface area (Å²) < 4.78 is 0. The molecule has 2 unspecified atom stereocenters. The Hall–Kier alpha value is -1.88. The molecule has 1 saturated heterocycles. The molecule has 1 fully saturated rings. The lowest BCUT2D eigenvalue weighted by Gasteiger charge is -2.33. The number of imide groups is 1. The van der Waals surface area contributed by atoms with Gasteiger partial charge in [0, 0.05) is 13.1 Å². The third kappa shape index (κ3) is 2.68. The van der Waals surface area contributed by atoms with Crippen LogP contribution < -0.4 is 5.32 Å². The third-order valence-corrected chi connectivity index (χ3v) is 3.07.